The molecule has 1 aromatic heterocycles. The third kappa shape index (κ3) is 4.62. The molecule has 2 aromatic rings. The van der Waals surface area contributed by atoms with Gasteiger partial charge >= 0.3 is 0 Å². The minimum Gasteiger partial charge on any atom is -0.354 e. The Balaban J connectivity index is 1.46. The summed E-state index contributed by atoms with van der Waals surface area (Å²) < 4.78 is 1.44. The highest BCUT2D eigenvalue weighted by molar-refractivity contribution is 5.97. The van der Waals surface area contributed by atoms with Crippen LogP contribution in [-0.2, 0) is 4.79 Å². The van der Waals surface area contributed by atoms with Crippen LogP contribution in [-0.4, -0.2) is 45.1 Å². The van der Waals surface area contributed by atoms with Crippen molar-refractivity contribution < 1.29 is 9.59 Å². The topological polar surface area (TPSA) is 102 Å². The highest BCUT2D eigenvalue weighted by atomic mass is 16.2. The molecular weight excluding hydrogens is 320 g/mol. The van der Waals surface area contributed by atoms with E-state index in [0.29, 0.717) is 36.7 Å². The number of amides is 2. The molecule has 8 nitrogen and oxygen atoms in total. The van der Waals surface area contributed by atoms with Crippen molar-refractivity contribution in [3.05, 3.63) is 36.2 Å². The second-order valence-electron chi connectivity index (χ2n) is 6.23. The maximum Gasteiger partial charge on any atom is 0.253 e. The van der Waals surface area contributed by atoms with Gasteiger partial charge in [0, 0.05) is 19.5 Å². The first-order valence-electron chi connectivity index (χ1n) is 8.61. The van der Waals surface area contributed by atoms with E-state index in [2.05, 4.69) is 26.2 Å². The average Bonchev–Trinajstić information content (AvgIpc) is 3.32. The number of benzene rings is 1. The molecule has 1 aliphatic rings. The number of tetrazole rings is 1. The third-order valence-electron chi connectivity index (χ3n) is 4.43. The largest absolute Gasteiger partial charge is 0.354 e. The maximum atomic E-state index is 12.4. The monoisotopic (exact) mass is 342 g/mol. The van der Waals surface area contributed by atoms with Crippen LogP contribution in [0.4, 0.5) is 0 Å². The molecule has 1 fully saturated rings. The Morgan fingerprint density at radius 2 is 1.88 bits per heavy atom. The number of rotatable bonds is 7. The predicted molar refractivity (Wildman–Crippen MR) is 91.1 cm³/mol. The van der Waals surface area contributed by atoms with E-state index in [0.717, 1.165) is 12.8 Å². The molecule has 0 unspecified atom stereocenters. The van der Waals surface area contributed by atoms with Gasteiger partial charge in [0.1, 0.15) is 6.33 Å². The average molecular weight is 342 g/mol. The minimum atomic E-state index is -0.226. The van der Waals surface area contributed by atoms with E-state index in [1.807, 2.05) is 6.07 Å². The number of nitrogens with one attached hydrogen (secondary N) is 2. The number of nitrogens with zero attached hydrogens (tertiary/aromatic N) is 4. The number of aromatic nitrogens is 4. The summed E-state index contributed by atoms with van der Waals surface area (Å²) in [6.45, 7) is 0.795. The van der Waals surface area contributed by atoms with Crippen LogP contribution in [0.1, 0.15) is 42.5 Å². The summed E-state index contributed by atoms with van der Waals surface area (Å²) in [5.41, 5.74) is 1.09. The molecule has 1 saturated carbocycles. The lowest BCUT2D eigenvalue weighted by molar-refractivity contribution is -0.121. The van der Waals surface area contributed by atoms with Gasteiger partial charge < -0.3 is 10.6 Å². The van der Waals surface area contributed by atoms with E-state index < -0.39 is 0 Å². The molecular formula is C17H22N6O2. The van der Waals surface area contributed by atoms with Gasteiger partial charge in [-0.1, -0.05) is 25.0 Å². The summed E-state index contributed by atoms with van der Waals surface area (Å²) in [5, 5.41) is 16.7. The van der Waals surface area contributed by atoms with Gasteiger partial charge in [-0.3, -0.25) is 9.59 Å². The molecule has 2 N–H and O–H groups in total. The second kappa shape index (κ2) is 8.36. The molecule has 1 aliphatic carbocycles. The quantitative estimate of drug-likeness (QED) is 0.733. The molecule has 25 heavy (non-hydrogen) atoms. The number of carbonyl (C=O) groups excluding carboxylic acids is 2. The van der Waals surface area contributed by atoms with Crippen molar-refractivity contribution >= 4 is 11.8 Å². The van der Waals surface area contributed by atoms with Crippen molar-refractivity contribution in [2.75, 3.05) is 13.1 Å². The first kappa shape index (κ1) is 17.1. The standard InChI is InChI=1S/C17H22N6O2/c24-16(11-13-5-1-2-6-13)18-9-10-19-17(25)14-7-3-4-8-15(14)23-12-20-21-22-23/h3-4,7-8,12-13H,1-2,5-6,9-11H2,(H,18,24)(H,19,25). The lowest BCUT2D eigenvalue weighted by Gasteiger charge is -2.11. The fourth-order valence-electron chi connectivity index (χ4n) is 3.16. The Bertz CT molecular complexity index is 710. The summed E-state index contributed by atoms with van der Waals surface area (Å²) in [6.07, 6.45) is 6.80. The van der Waals surface area contributed by atoms with E-state index in [1.54, 1.807) is 18.2 Å². The summed E-state index contributed by atoms with van der Waals surface area (Å²) in [5.74, 6) is 0.365. The third-order valence-corrected chi connectivity index (χ3v) is 4.43. The molecule has 1 heterocycles. The van der Waals surface area contributed by atoms with Crippen LogP contribution in [0.3, 0.4) is 0 Å². The zero-order valence-corrected chi connectivity index (χ0v) is 14.0. The molecule has 0 spiro atoms. The Morgan fingerprint density at radius 1 is 1.12 bits per heavy atom. The Morgan fingerprint density at radius 3 is 2.64 bits per heavy atom. The van der Waals surface area contributed by atoms with Crippen LogP contribution < -0.4 is 10.6 Å². The molecule has 0 radical (unpaired) electrons. The zero-order chi connectivity index (χ0) is 17.5. The van der Waals surface area contributed by atoms with E-state index in [9.17, 15) is 9.59 Å². The van der Waals surface area contributed by atoms with E-state index in [1.165, 1.54) is 23.9 Å². The normalized spacial score (nSPS) is 14.4. The van der Waals surface area contributed by atoms with E-state index in [-0.39, 0.29) is 11.8 Å². The van der Waals surface area contributed by atoms with Crippen LogP contribution in [0.5, 0.6) is 0 Å². The zero-order valence-electron chi connectivity index (χ0n) is 14.0. The first-order chi connectivity index (χ1) is 12.2. The highest BCUT2D eigenvalue weighted by Gasteiger charge is 2.18. The van der Waals surface area contributed by atoms with Crippen molar-refractivity contribution in [2.24, 2.45) is 5.92 Å². The van der Waals surface area contributed by atoms with Gasteiger partial charge in [0.05, 0.1) is 11.3 Å². The predicted octanol–water partition coefficient (Wildman–Crippen LogP) is 1.09. The SMILES string of the molecule is O=C(CC1CCCC1)NCCNC(=O)c1ccccc1-n1cnnn1. The van der Waals surface area contributed by atoms with Gasteiger partial charge in [0.25, 0.3) is 5.91 Å². The molecule has 0 bridgehead atoms. The second-order valence-corrected chi connectivity index (χ2v) is 6.23. The van der Waals surface area contributed by atoms with Gasteiger partial charge in [-0.05, 0) is 41.3 Å². The van der Waals surface area contributed by atoms with Crippen molar-refractivity contribution in [1.82, 2.24) is 30.8 Å². The van der Waals surface area contributed by atoms with E-state index in [4.69, 9.17) is 0 Å². The molecule has 0 saturated heterocycles. The molecule has 3 rings (SSSR count). The molecule has 2 amide bonds. The molecule has 1 aromatic carbocycles. The Labute approximate surface area is 146 Å². The van der Waals surface area contributed by atoms with Crippen LogP contribution in [0.15, 0.2) is 30.6 Å². The van der Waals surface area contributed by atoms with Crippen LogP contribution in [0, 0.1) is 5.92 Å². The maximum absolute atomic E-state index is 12.4. The van der Waals surface area contributed by atoms with Gasteiger partial charge in [-0.2, -0.15) is 4.68 Å². The number of hydrogen-bond donors (Lipinski definition) is 2. The van der Waals surface area contributed by atoms with Crippen molar-refractivity contribution in [3.63, 3.8) is 0 Å². The van der Waals surface area contributed by atoms with Crippen molar-refractivity contribution in [3.8, 4) is 5.69 Å². The van der Waals surface area contributed by atoms with Gasteiger partial charge in [0.15, 0.2) is 0 Å². The first-order valence-corrected chi connectivity index (χ1v) is 8.61. The molecule has 132 valence electrons. The lowest BCUT2D eigenvalue weighted by atomic mass is 10.0. The van der Waals surface area contributed by atoms with Gasteiger partial charge in [-0.15, -0.1) is 5.10 Å². The van der Waals surface area contributed by atoms with Crippen LogP contribution >= 0.6 is 0 Å². The fraction of sp³-hybridized carbons (Fsp3) is 0.471. The number of carbonyl (C=O) groups is 2. The number of para-hydroxylation sites is 1. The summed E-state index contributed by atoms with van der Waals surface area (Å²) >= 11 is 0. The van der Waals surface area contributed by atoms with Crippen molar-refractivity contribution in [1.29, 1.82) is 0 Å². The van der Waals surface area contributed by atoms with Crippen molar-refractivity contribution in [2.45, 2.75) is 32.1 Å². The summed E-state index contributed by atoms with van der Waals surface area (Å²) in [6, 6.07) is 7.09. The smallest absolute Gasteiger partial charge is 0.253 e. The fourth-order valence-corrected chi connectivity index (χ4v) is 3.16. The van der Waals surface area contributed by atoms with E-state index >= 15 is 0 Å². The van der Waals surface area contributed by atoms with Gasteiger partial charge in [0.2, 0.25) is 5.91 Å². The van der Waals surface area contributed by atoms with Gasteiger partial charge in [-0.25, -0.2) is 0 Å². The highest BCUT2D eigenvalue weighted by Crippen LogP contribution is 2.27. The summed E-state index contributed by atoms with van der Waals surface area (Å²) in [4.78, 5) is 24.3. The molecule has 0 aliphatic heterocycles. The number of hydrogen-bond acceptors (Lipinski definition) is 5. The van der Waals surface area contributed by atoms with Crippen LogP contribution in [0.2, 0.25) is 0 Å². The minimum absolute atomic E-state index is 0.0650. The summed E-state index contributed by atoms with van der Waals surface area (Å²) in [7, 11) is 0. The molecule has 8 heteroatoms. The lowest BCUT2D eigenvalue weighted by Crippen LogP contribution is -2.35. The Hall–Kier alpha value is -2.77. The van der Waals surface area contributed by atoms with Crippen LogP contribution in [0.25, 0.3) is 5.69 Å². The Kier molecular flexibility index (Phi) is 5.71. The molecule has 0 atom stereocenters.